The topological polar surface area (TPSA) is 69.4 Å². The maximum absolute atomic E-state index is 10.9. The Labute approximate surface area is 126 Å². The summed E-state index contributed by atoms with van der Waals surface area (Å²) in [6.45, 7) is 2.02. The molecule has 5 nitrogen and oxygen atoms in total. The lowest BCUT2D eigenvalue weighted by molar-refractivity contribution is 0.310. The Kier molecular flexibility index (Phi) is 4.62. The quantitative estimate of drug-likeness (QED) is 0.767. The molecular weight excluding hydrogens is 346 g/mol. The highest BCUT2D eigenvalue weighted by Crippen LogP contribution is 2.28. The molecule has 0 unspecified atom stereocenters. The van der Waals surface area contributed by atoms with E-state index in [0.29, 0.717) is 16.3 Å². The molecule has 0 fully saturated rings. The first-order valence-electron chi connectivity index (χ1n) is 5.92. The van der Waals surface area contributed by atoms with Crippen LogP contribution in [0.15, 0.2) is 33.4 Å². The number of hydrogen-bond donors (Lipinski definition) is 0. The van der Waals surface area contributed by atoms with Gasteiger partial charge in [0.15, 0.2) is 10.6 Å². The molecule has 1 aromatic heterocycles. The van der Waals surface area contributed by atoms with Crippen LogP contribution in [0.1, 0.15) is 11.5 Å². The first-order chi connectivity index (χ1) is 9.35. The SMILES string of the molecule is Cc1ccc(-c2nc(CCOS(C)(=O)=O)oc2Br)cc1. The first-order valence-corrected chi connectivity index (χ1v) is 8.53. The van der Waals surface area contributed by atoms with Crippen LogP contribution in [-0.2, 0) is 20.7 Å². The summed E-state index contributed by atoms with van der Waals surface area (Å²) in [5.41, 5.74) is 2.79. The van der Waals surface area contributed by atoms with Crippen molar-refractivity contribution in [2.75, 3.05) is 12.9 Å². The Morgan fingerprint density at radius 1 is 1.30 bits per heavy atom. The average molecular weight is 360 g/mol. The highest BCUT2D eigenvalue weighted by atomic mass is 79.9. The van der Waals surface area contributed by atoms with Gasteiger partial charge in [0.2, 0.25) is 0 Å². The Bertz CT molecular complexity index is 692. The standard InChI is InChI=1S/C13H14BrNO4S/c1-9-3-5-10(6-4-9)12-13(14)19-11(15-12)7-8-18-20(2,16)17/h3-6H,7-8H2,1-2H3. The molecule has 108 valence electrons. The van der Waals surface area contributed by atoms with Gasteiger partial charge in [0.1, 0.15) is 5.69 Å². The van der Waals surface area contributed by atoms with E-state index in [1.165, 1.54) is 0 Å². The maximum atomic E-state index is 10.9. The molecule has 0 aliphatic carbocycles. The highest BCUT2D eigenvalue weighted by molar-refractivity contribution is 9.10. The number of benzene rings is 1. The smallest absolute Gasteiger partial charge is 0.264 e. The Hall–Kier alpha value is -1.18. The normalized spacial score (nSPS) is 11.8. The second-order valence-electron chi connectivity index (χ2n) is 4.37. The van der Waals surface area contributed by atoms with Crippen molar-refractivity contribution in [2.45, 2.75) is 13.3 Å². The Morgan fingerprint density at radius 3 is 2.55 bits per heavy atom. The number of oxazole rings is 1. The number of aromatic nitrogens is 1. The molecule has 2 rings (SSSR count). The number of hydrogen-bond acceptors (Lipinski definition) is 5. The van der Waals surface area contributed by atoms with E-state index >= 15 is 0 Å². The van der Waals surface area contributed by atoms with Gasteiger partial charge in [0, 0.05) is 12.0 Å². The molecule has 20 heavy (non-hydrogen) atoms. The van der Waals surface area contributed by atoms with E-state index in [0.717, 1.165) is 17.4 Å². The summed E-state index contributed by atoms with van der Waals surface area (Å²) in [4.78, 5) is 4.34. The van der Waals surface area contributed by atoms with E-state index in [1.54, 1.807) is 0 Å². The van der Waals surface area contributed by atoms with Crippen molar-refractivity contribution in [3.05, 3.63) is 40.4 Å². The van der Waals surface area contributed by atoms with Crippen molar-refractivity contribution in [3.63, 3.8) is 0 Å². The number of aryl methyl sites for hydroxylation is 1. The van der Waals surface area contributed by atoms with Crippen LogP contribution in [0, 0.1) is 6.92 Å². The van der Waals surface area contributed by atoms with E-state index in [1.807, 2.05) is 31.2 Å². The molecule has 2 aromatic rings. The summed E-state index contributed by atoms with van der Waals surface area (Å²) in [6, 6.07) is 7.88. The first kappa shape index (κ1) is 15.2. The lowest BCUT2D eigenvalue weighted by atomic mass is 10.1. The van der Waals surface area contributed by atoms with Gasteiger partial charge in [-0.2, -0.15) is 8.42 Å². The van der Waals surface area contributed by atoms with Gasteiger partial charge in [-0.3, -0.25) is 4.18 Å². The number of rotatable bonds is 5. The highest BCUT2D eigenvalue weighted by Gasteiger charge is 2.13. The zero-order chi connectivity index (χ0) is 14.8. The van der Waals surface area contributed by atoms with Gasteiger partial charge in [-0.05, 0) is 22.9 Å². The van der Waals surface area contributed by atoms with Crippen LogP contribution in [-0.4, -0.2) is 26.3 Å². The minimum absolute atomic E-state index is 0.0130. The van der Waals surface area contributed by atoms with Gasteiger partial charge in [0.25, 0.3) is 10.1 Å². The summed E-state index contributed by atoms with van der Waals surface area (Å²) >= 11 is 3.32. The largest absolute Gasteiger partial charge is 0.433 e. The molecule has 0 spiro atoms. The van der Waals surface area contributed by atoms with Crippen LogP contribution in [0.4, 0.5) is 0 Å². The van der Waals surface area contributed by atoms with Gasteiger partial charge < -0.3 is 4.42 Å². The van der Waals surface area contributed by atoms with Crippen LogP contribution < -0.4 is 0 Å². The third kappa shape index (κ3) is 4.16. The van der Waals surface area contributed by atoms with Gasteiger partial charge in [-0.15, -0.1) is 0 Å². The van der Waals surface area contributed by atoms with Crippen LogP contribution in [0.2, 0.25) is 0 Å². The third-order valence-corrected chi connectivity index (χ3v) is 3.70. The lowest BCUT2D eigenvalue weighted by Gasteiger charge is -1.98. The van der Waals surface area contributed by atoms with E-state index in [-0.39, 0.29) is 13.0 Å². The molecule has 7 heteroatoms. The Balaban J connectivity index is 2.11. The van der Waals surface area contributed by atoms with Crippen LogP contribution in [0.5, 0.6) is 0 Å². The van der Waals surface area contributed by atoms with Crippen LogP contribution in [0.3, 0.4) is 0 Å². The number of halogens is 1. The van der Waals surface area contributed by atoms with Crippen molar-refractivity contribution >= 4 is 26.0 Å². The molecule has 0 amide bonds. The molecule has 0 radical (unpaired) electrons. The molecule has 0 aliphatic heterocycles. The molecule has 1 heterocycles. The van der Waals surface area contributed by atoms with Crippen molar-refractivity contribution in [2.24, 2.45) is 0 Å². The maximum Gasteiger partial charge on any atom is 0.264 e. The minimum Gasteiger partial charge on any atom is -0.433 e. The molecule has 0 aliphatic rings. The van der Waals surface area contributed by atoms with Gasteiger partial charge >= 0.3 is 0 Å². The predicted octanol–water partition coefficient (Wildman–Crippen LogP) is 2.93. The fourth-order valence-corrected chi connectivity index (χ4v) is 2.51. The van der Waals surface area contributed by atoms with Crippen molar-refractivity contribution in [3.8, 4) is 11.3 Å². The molecule has 0 bridgehead atoms. The fourth-order valence-electron chi connectivity index (χ4n) is 1.62. The van der Waals surface area contributed by atoms with E-state index in [4.69, 9.17) is 4.42 Å². The van der Waals surface area contributed by atoms with E-state index in [9.17, 15) is 8.42 Å². The summed E-state index contributed by atoms with van der Waals surface area (Å²) in [7, 11) is -3.44. The second-order valence-corrected chi connectivity index (χ2v) is 6.74. The second kappa shape index (κ2) is 6.07. The lowest BCUT2D eigenvalue weighted by Crippen LogP contribution is -2.06. The summed E-state index contributed by atoms with van der Waals surface area (Å²) in [5.74, 6) is 0.427. The zero-order valence-corrected chi connectivity index (χ0v) is 13.5. The van der Waals surface area contributed by atoms with E-state index < -0.39 is 10.1 Å². The van der Waals surface area contributed by atoms with E-state index in [2.05, 4.69) is 25.1 Å². The fraction of sp³-hybridized carbons (Fsp3) is 0.308. The zero-order valence-electron chi connectivity index (χ0n) is 11.1. The molecule has 0 N–H and O–H groups in total. The molecule has 0 saturated carbocycles. The summed E-state index contributed by atoms with van der Waals surface area (Å²) in [6.07, 6.45) is 1.30. The summed E-state index contributed by atoms with van der Waals surface area (Å²) in [5, 5.41) is 0. The van der Waals surface area contributed by atoms with Crippen molar-refractivity contribution < 1.29 is 17.0 Å². The monoisotopic (exact) mass is 359 g/mol. The third-order valence-electron chi connectivity index (χ3n) is 2.57. The predicted molar refractivity (Wildman–Crippen MR) is 78.9 cm³/mol. The Morgan fingerprint density at radius 2 is 1.95 bits per heavy atom. The van der Waals surface area contributed by atoms with Gasteiger partial charge in [0.05, 0.1) is 12.9 Å². The number of nitrogens with zero attached hydrogens (tertiary/aromatic N) is 1. The van der Waals surface area contributed by atoms with Crippen molar-refractivity contribution in [1.82, 2.24) is 4.98 Å². The van der Waals surface area contributed by atoms with Crippen LogP contribution in [0.25, 0.3) is 11.3 Å². The average Bonchev–Trinajstić information content (AvgIpc) is 2.70. The molecular formula is C13H14BrNO4S. The van der Waals surface area contributed by atoms with Gasteiger partial charge in [-0.25, -0.2) is 4.98 Å². The van der Waals surface area contributed by atoms with Crippen LogP contribution >= 0.6 is 15.9 Å². The van der Waals surface area contributed by atoms with Crippen molar-refractivity contribution in [1.29, 1.82) is 0 Å². The molecule has 0 saturated heterocycles. The minimum atomic E-state index is -3.44. The molecule has 0 atom stereocenters. The van der Waals surface area contributed by atoms with Gasteiger partial charge in [-0.1, -0.05) is 29.8 Å². The summed E-state index contributed by atoms with van der Waals surface area (Å²) < 4.78 is 32.4. The molecule has 1 aromatic carbocycles.